The second-order valence-corrected chi connectivity index (χ2v) is 5.46. The quantitative estimate of drug-likeness (QED) is 0.501. The van der Waals surface area contributed by atoms with Gasteiger partial charge in [-0.05, 0) is 7.05 Å². The van der Waals surface area contributed by atoms with Gasteiger partial charge in [0.2, 0.25) is 6.41 Å². The number of nitrogens with zero attached hydrogens (tertiary/aromatic N) is 1. The number of hydrogen-bond donors (Lipinski definition) is 1. The fourth-order valence-corrected chi connectivity index (χ4v) is 3.63. The molecule has 0 saturated carbocycles. The first-order chi connectivity index (χ1) is 5.49. The molecule has 6 heteroatoms. The maximum Gasteiger partial charge on any atom is 0.216 e. The lowest BCUT2D eigenvalue weighted by Crippen LogP contribution is -2.35. The number of rotatable bonds is 0. The molecule has 0 unspecified atom stereocenters. The maximum atomic E-state index is 11.1. The van der Waals surface area contributed by atoms with E-state index in [1.807, 2.05) is 0 Å². The highest BCUT2D eigenvalue weighted by molar-refractivity contribution is 7.91. The fraction of sp³-hybridized carbons (Fsp3) is 1.00. The summed E-state index contributed by atoms with van der Waals surface area (Å²) in [5, 5.41) is 9.18. The SMILES string of the molecule is CN1[C@H](O)O[C@@H]2CS(=O)(=O)C[C@@H]21. The van der Waals surface area contributed by atoms with Crippen LogP contribution in [-0.4, -0.2) is 55.5 Å². The molecule has 0 bridgehead atoms. The molecule has 0 aromatic heterocycles. The summed E-state index contributed by atoms with van der Waals surface area (Å²) in [5.41, 5.74) is 0. The summed E-state index contributed by atoms with van der Waals surface area (Å²) >= 11 is 0. The fourth-order valence-electron chi connectivity index (χ4n) is 1.72. The van der Waals surface area contributed by atoms with Gasteiger partial charge in [-0.25, -0.2) is 8.42 Å². The van der Waals surface area contributed by atoms with Gasteiger partial charge in [-0.1, -0.05) is 0 Å². The summed E-state index contributed by atoms with van der Waals surface area (Å²) in [5.74, 6) is 0.143. The number of aliphatic hydroxyl groups excluding tert-OH is 1. The molecule has 2 rings (SSSR count). The van der Waals surface area contributed by atoms with Gasteiger partial charge >= 0.3 is 0 Å². The van der Waals surface area contributed by atoms with E-state index in [2.05, 4.69) is 0 Å². The smallest absolute Gasteiger partial charge is 0.216 e. The van der Waals surface area contributed by atoms with E-state index in [-0.39, 0.29) is 23.7 Å². The van der Waals surface area contributed by atoms with Crippen molar-refractivity contribution < 1.29 is 18.3 Å². The predicted molar refractivity (Wildman–Crippen MR) is 41.1 cm³/mol. The summed E-state index contributed by atoms with van der Waals surface area (Å²) in [7, 11) is -1.28. The molecule has 70 valence electrons. The Hall–Kier alpha value is -0.170. The highest BCUT2D eigenvalue weighted by atomic mass is 32.2. The topological polar surface area (TPSA) is 66.8 Å². The Balaban J connectivity index is 2.21. The summed E-state index contributed by atoms with van der Waals surface area (Å²) in [4.78, 5) is 1.55. The van der Waals surface area contributed by atoms with Crippen LogP contribution in [0.2, 0.25) is 0 Å². The van der Waals surface area contributed by atoms with Gasteiger partial charge in [0.25, 0.3) is 0 Å². The first-order valence-corrected chi connectivity index (χ1v) is 5.58. The van der Waals surface area contributed by atoms with E-state index in [1.165, 1.54) is 0 Å². The van der Waals surface area contributed by atoms with Crippen LogP contribution in [0.3, 0.4) is 0 Å². The summed E-state index contributed by atoms with van der Waals surface area (Å²) < 4.78 is 27.3. The molecule has 1 N–H and O–H groups in total. The van der Waals surface area contributed by atoms with Crippen molar-refractivity contribution in [2.24, 2.45) is 0 Å². The lowest BCUT2D eigenvalue weighted by Gasteiger charge is -2.16. The van der Waals surface area contributed by atoms with Crippen molar-refractivity contribution in [2.45, 2.75) is 18.6 Å². The number of sulfone groups is 1. The van der Waals surface area contributed by atoms with E-state index in [0.717, 1.165) is 0 Å². The van der Waals surface area contributed by atoms with Crippen LogP contribution >= 0.6 is 0 Å². The van der Waals surface area contributed by atoms with Gasteiger partial charge in [0.1, 0.15) is 0 Å². The lowest BCUT2D eigenvalue weighted by molar-refractivity contribution is -0.140. The molecule has 2 aliphatic rings. The monoisotopic (exact) mass is 193 g/mol. The van der Waals surface area contributed by atoms with Gasteiger partial charge in [-0.15, -0.1) is 0 Å². The Kier molecular flexibility index (Phi) is 1.69. The van der Waals surface area contributed by atoms with Crippen molar-refractivity contribution in [1.29, 1.82) is 0 Å². The van der Waals surface area contributed by atoms with Crippen LogP contribution in [0.4, 0.5) is 0 Å². The molecule has 0 spiro atoms. The van der Waals surface area contributed by atoms with Crippen LogP contribution in [0, 0.1) is 0 Å². The van der Waals surface area contributed by atoms with Gasteiger partial charge in [0, 0.05) is 0 Å². The molecule has 2 aliphatic heterocycles. The van der Waals surface area contributed by atoms with E-state index in [1.54, 1.807) is 11.9 Å². The third-order valence-corrected chi connectivity index (χ3v) is 4.13. The van der Waals surface area contributed by atoms with Crippen LogP contribution in [0.25, 0.3) is 0 Å². The average Bonchev–Trinajstić information content (AvgIpc) is 2.33. The Morgan fingerprint density at radius 2 is 2.17 bits per heavy atom. The van der Waals surface area contributed by atoms with Crippen molar-refractivity contribution in [1.82, 2.24) is 4.90 Å². The molecule has 0 aromatic rings. The van der Waals surface area contributed by atoms with Crippen molar-refractivity contribution in [3.63, 3.8) is 0 Å². The number of aliphatic hydroxyl groups is 1. The third kappa shape index (κ3) is 1.15. The Bertz CT molecular complexity index is 288. The predicted octanol–water partition coefficient (Wildman–Crippen LogP) is -1.61. The Labute approximate surface area is 70.8 Å². The highest BCUT2D eigenvalue weighted by Gasteiger charge is 2.48. The van der Waals surface area contributed by atoms with E-state index in [0.29, 0.717) is 0 Å². The first kappa shape index (κ1) is 8.43. The zero-order valence-corrected chi connectivity index (χ0v) is 7.49. The second-order valence-electron chi connectivity index (χ2n) is 3.31. The maximum absolute atomic E-state index is 11.1. The molecule has 12 heavy (non-hydrogen) atoms. The summed E-state index contributed by atoms with van der Waals surface area (Å²) in [6.45, 7) is 0. The minimum absolute atomic E-state index is 0.0407. The molecule has 0 amide bonds. The van der Waals surface area contributed by atoms with Gasteiger partial charge in [0.15, 0.2) is 9.84 Å². The zero-order chi connectivity index (χ0) is 8.93. The Morgan fingerprint density at radius 1 is 1.50 bits per heavy atom. The lowest BCUT2D eigenvalue weighted by atomic mass is 10.2. The van der Waals surface area contributed by atoms with E-state index in [9.17, 15) is 13.5 Å². The van der Waals surface area contributed by atoms with E-state index < -0.39 is 16.3 Å². The molecule has 2 saturated heterocycles. The molecular formula is C6H11NO4S. The molecule has 0 aliphatic carbocycles. The third-order valence-electron chi connectivity index (χ3n) is 2.44. The van der Waals surface area contributed by atoms with Crippen molar-refractivity contribution in [3.05, 3.63) is 0 Å². The minimum Gasteiger partial charge on any atom is -0.356 e. The molecule has 3 atom stereocenters. The van der Waals surface area contributed by atoms with Crippen LogP contribution in [0.15, 0.2) is 0 Å². The largest absolute Gasteiger partial charge is 0.356 e. The molecule has 5 nitrogen and oxygen atoms in total. The number of ether oxygens (including phenoxy) is 1. The Morgan fingerprint density at radius 3 is 2.75 bits per heavy atom. The van der Waals surface area contributed by atoms with Gasteiger partial charge in [-0.2, -0.15) is 0 Å². The van der Waals surface area contributed by atoms with Crippen LogP contribution < -0.4 is 0 Å². The zero-order valence-electron chi connectivity index (χ0n) is 6.67. The second kappa shape index (κ2) is 2.41. The number of fused-ring (bicyclic) bond motifs is 1. The summed E-state index contributed by atoms with van der Waals surface area (Å²) in [6.07, 6.45) is -1.27. The van der Waals surface area contributed by atoms with Gasteiger partial charge < -0.3 is 9.84 Å². The highest BCUT2D eigenvalue weighted by Crippen LogP contribution is 2.28. The van der Waals surface area contributed by atoms with Crippen molar-refractivity contribution in [3.8, 4) is 0 Å². The minimum atomic E-state index is -2.94. The number of likely N-dealkylation sites (N-methyl/N-ethyl adjacent to an activating group) is 1. The normalized spacial score (nSPS) is 46.3. The van der Waals surface area contributed by atoms with Crippen LogP contribution in [0.1, 0.15) is 0 Å². The molecular weight excluding hydrogens is 182 g/mol. The van der Waals surface area contributed by atoms with Crippen molar-refractivity contribution >= 4 is 9.84 Å². The number of hydrogen-bond acceptors (Lipinski definition) is 5. The van der Waals surface area contributed by atoms with Crippen LogP contribution in [-0.2, 0) is 14.6 Å². The molecule has 2 heterocycles. The molecule has 0 aromatic carbocycles. The van der Waals surface area contributed by atoms with Gasteiger partial charge in [0.05, 0.1) is 23.7 Å². The average molecular weight is 193 g/mol. The van der Waals surface area contributed by atoms with Crippen LogP contribution in [0.5, 0.6) is 0 Å². The standard InChI is InChI=1S/C6H11NO4S/c1-7-4-2-12(9,10)3-5(4)11-6(7)8/h4-6,8H,2-3H2,1H3/t4-,5+,6+/m0/s1. The van der Waals surface area contributed by atoms with E-state index >= 15 is 0 Å². The molecule has 0 radical (unpaired) electrons. The van der Waals surface area contributed by atoms with Gasteiger partial charge in [-0.3, -0.25) is 4.90 Å². The van der Waals surface area contributed by atoms with Crippen molar-refractivity contribution in [2.75, 3.05) is 18.6 Å². The van der Waals surface area contributed by atoms with E-state index in [4.69, 9.17) is 4.74 Å². The molecule has 2 fully saturated rings. The first-order valence-electron chi connectivity index (χ1n) is 3.75. The summed E-state index contributed by atoms with van der Waals surface area (Å²) in [6, 6.07) is -0.162.